The van der Waals surface area contributed by atoms with Crippen LogP contribution in [0.3, 0.4) is 0 Å². The van der Waals surface area contributed by atoms with Gasteiger partial charge in [0.2, 0.25) is 0 Å². The molecule has 1 aliphatic rings. The van der Waals surface area contributed by atoms with E-state index in [1.54, 1.807) is 11.3 Å². The fourth-order valence-corrected chi connectivity index (χ4v) is 2.94. The lowest BCUT2D eigenvalue weighted by atomic mass is 10.1. The third-order valence-electron chi connectivity index (χ3n) is 3.00. The minimum atomic E-state index is -0.0580. The summed E-state index contributed by atoms with van der Waals surface area (Å²) in [6.45, 7) is 0. The van der Waals surface area contributed by atoms with Gasteiger partial charge < -0.3 is 10.2 Å². The molecule has 0 aliphatic carbocycles. The highest BCUT2D eigenvalue weighted by atomic mass is 32.1. The van der Waals surface area contributed by atoms with E-state index in [-0.39, 0.29) is 12.1 Å². The molecule has 17 heavy (non-hydrogen) atoms. The number of carbonyl (C=O) groups excluding carboxylic acids is 1. The van der Waals surface area contributed by atoms with Crippen molar-refractivity contribution in [2.75, 3.05) is 11.9 Å². The van der Waals surface area contributed by atoms with E-state index in [0.717, 1.165) is 16.1 Å². The van der Waals surface area contributed by atoms with Gasteiger partial charge in [-0.25, -0.2) is 0 Å². The topological polar surface area (TPSA) is 32.3 Å². The highest BCUT2D eigenvalue weighted by Gasteiger charge is 2.29. The maximum absolute atomic E-state index is 12.0. The van der Waals surface area contributed by atoms with Gasteiger partial charge in [0.05, 0.1) is 11.3 Å². The van der Waals surface area contributed by atoms with Crippen molar-refractivity contribution in [1.29, 1.82) is 0 Å². The molecule has 0 saturated carbocycles. The minimum Gasteiger partial charge on any atom is -0.349 e. The number of amides is 1. The van der Waals surface area contributed by atoms with Gasteiger partial charge in [-0.15, -0.1) is 11.3 Å². The Hall–Kier alpha value is -1.81. The fraction of sp³-hybridized carbons (Fsp3) is 0.154. The van der Waals surface area contributed by atoms with Crippen LogP contribution in [0.1, 0.15) is 21.4 Å². The normalized spacial score (nSPS) is 18.8. The van der Waals surface area contributed by atoms with E-state index in [0.29, 0.717) is 0 Å². The Balaban J connectivity index is 2.06. The molecule has 0 bridgehead atoms. The van der Waals surface area contributed by atoms with E-state index in [9.17, 15) is 4.79 Å². The Morgan fingerprint density at radius 2 is 2.06 bits per heavy atom. The van der Waals surface area contributed by atoms with E-state index in [4.69, 9.17) is 0 Å². The lowest BCUT2D eigenvalue weighted by molar-refractivity contribution is 0.0929. The van der Waals surface area contributed by atoms with Crippen LogP contribution in [0, 0.1) is 0 Å². The van der Waals surface area contributed by atoms with Crippen LogP contribution in [0.2, 0.25) is 0 Å². The van der Waals surface area contributed by atoms with Crippen LogP contribution in [0.5, 0.6) is 0 Å². The van der Waals surface area contributed by atoms with Crippen LogP contribution < -0.4 is 10.2 Å². The maximum atomic E-state index is 12.0. The Morgan fingerprint density at radius 1 is 1.24 bits per heavy atom. The third-order valence-corrected chi connectivity index (χ3v) is 3.92. The Labute approximate surface area is 104 Å². The summed E-state index contributed by atoms with van der Waals surface area (Å²) in [6.07, 6.45) is -0.0580. The Bertz CT molecular complexity index is 550. The SMILES string of the molecule is CN1c2ccccc2C(=O)N[C@@H]1c1cccs1. The first-order valence-electron chi connectivity index (χ1n) is 5.43. The molecule has 0 spiro atoms. The van der Waals surface area contributed by atoms with Crippen molar-refractivity contribution in [3.05, 3.63) is 52.2 Å². The lowest BCUT2D eigenvalue weighted by Gasteiger charge is -2.35. The Morgan fingerprint density at radius 3 is 2.82 bits per heavy atom. The zero-order chi connectivity index (χ0) is 11.8. The number of hydrogen-bond donors (Lipinski definition) is 1. The van der Waals surface area contributed by atoms with Crippen LogP contribution in [-0.2, 0) is 0 Å². The largest absolute Gasteiger partial charge is 0.349 e. The van der Waals surface area contributed by atoms with Crippen LogP contribution in [0.15, 0.2) is 41.8 Å². The third kappa shape index (κ3) is 1.61. The summed E-state index contributed by atoms with van der Waals surface area (Å²) in [5.74, 6) is -0.00269. The molecular weight excluding hydrogens is 232 g/mol. The first-order valence-corrected chi connectivity index (χ1v) is 6.31. The van der Waals surface area contributed by atoms with Crippen LogP contribution in [0.25, 0.3) is 0 Å². The molecular formula is C13H12N2OS. The van der Waals surface area contributed by atoms with Crippen molar-refractivity contribution in [3.63, 3.8) is 0 Å². The van der Waals surface area contributed by atoms with Gasteiger partial charge in [0.15, 0.2) is 0 Å². The van der Waals surface area contributed by atoms with Crippen molar-refractivity contribution in [2.24, 2.45) is 0 Å². The second-order valence-electron chi connectivity index (χ2n) is 4.02. The molecule has 3 nitrogen and oxygen atoms in total. The zero-order valence-corrected chi connectivity index (χ0v) is 10.2. The number of nitrogens with one attached hydrogen (secondary N) is 1. The van der Waals surface area contributed by atoms with Crippen LogP contribution in [0.4, 0.5) is 5.69 Å². The predicted octanol–water partition coefficient (Wildman–Crippen LogP) is 2.63. The molecule has 2 aromatic rings. The average Bonchev–Trinajstić information content (AvgIpc) is 2.87. The summed E-state index contributed by atoms with van der Waals surface area (Å²) in [4.78, 5) is 15.3. The van der Waals surface area contributed by atoms with Gasteiger partial charge in [-0.3, -0.25) is 4.79 Å². The first-order chi connectivity index (χ1) is 8.27. The molecule has 0 fully saturated rings. The van der Waals surface area contributed by atoms with E-state index in [1.165, 1.54) is 0 Å². The summed E-state index contributed by atoms with van der Waals surface area (Å²) in [7, 11) is 2.00. The molecule has 1 aliphatic heterocycles. The molecule has 3 rings (SSSR count). The molecule has 0 unspecified atom stereocenters. The van der Waals surface area contributed by atoms with Crippen molar-refractivity contribution in [1.82, 2.24) is 5.32 Å². The van der Waals surface area contributed by atoms with Crippen LogP contribution >= 0.6 is 11.3 Å². The van der Waals surface area contributed by atoms with Crippen molar-refractivity contribution < 1.29 is 4.79 Å². The number of rotatable bonds is 1. The zero-order valence-electron chi connectivity index (χ0n) is 9.38. The van der Waals surface area contributed by atoms with Crippen molar-refractivity contribution in [2.45, 2.75) is 6.17 Å². The van der Waals surface area contributed by atoms with Crippen molar-refractivity contribution >= 4 is 22.9 Å². The van der Waals surface area contributed by atoms with Gasteiger partial charge >= 0.3 is 0 Å². The molecule has 1 aromatic heterocycles. The van der Waals surface area contributed by atoms with Crippen molar-refractivity contribution in [3.8, 4) is 0 Å². The molecule has 1 atom stereocenters. The maximum Gasteiger partial charge on any atom is 0.255 e. The van der Waals surface area contributed by atoms with Gasteiger partial charge in [-0.05, 0) is 23.6 Å². The monoisotopic (exact) mass is 244 g/mol. The van der Waals surface area contributed by atoms with Gasteiger partial charge in [0, 0.05) is 11.9 Å². The van der Waals surface area contributed by atoms with E-state index < -0.39 is 0 Å². The van der Waals surface area contributed by atoms with E-state index in [1.807, 2.05) is 48.8 Å². The van der Waals surface area contributed by atoms with Gasteiger partial charge in [-0.1, -0.05) is 18.2 Å². The molecule has 0 saturated heterocycles. The standard InChI is InChI=1S/C13H12N2OS/c1-15-10-6-3-2-5-9(10)13(16)14-12(15)11-7-4-8-17-11/h2-8,12H,1H3,(H,14,16)/t12-/m0/s1. The first kappa shape index (κ1) is 10.4. The number of anilines is 1. The Kier molecular flexibility index (Phi) is 2.37. The quantitative estimate of drug-likeness (QED) is 0.836. The highest BCUT2D eigenvalue weighted by Crippen LogP contribution is 2.32. The summed E-state index contributed by atoms with van der Waals surface area (Å²) >= 11 is 1.65. The van der Waals surface area contributed by atoms with Gasteiger partial charge in [0.1, 0.15) is 6.17 Å². The smallest absolute Gasteiger partial charge is 0.255 e. The number of fused-ring (bicyclic) bond motifs is 1. The number of para-hydroxylation sites is 1. The lowest BCUT2D eigenvalue weighted by Crippen LogP contribution is -2.44. The fourth-order valence-electron chi connectivity index (χ4n) is 2.12. The summed E-state index contributed by atoms with van der Waals surface area (Å²) in [5, 5.41) is 5.05. The molecule has 1 N–H and O–H groups in total. The number of thiophene rings is 1. The molecule has 0 radical (unpaired) electrons. The van der Waals surface area contributed by atoms with Gasteiger partial charge in [0.25, 0.3) is 5.91 Å². The second-order valence-corrected chi connectivity index (χ2v) is 5.00. The number of carbonyl (C=O) groups is 1. The number of nitrogens with zero attached hydrogens (tertiary/aromatic N) is 1. The highest BCUT2D eigenvalue weighted by molar-refractivity contribution is 7.10. The summed E-state index contributed by atoms with van der Waals surface area (Å²) in [6, 6.07) is 11.7. The number of hydrogen-bond acceptors (Lipinski definition) is 3. The molecule has 1 amide bonds. The predicted molar refractivity (Wildman–Crippen MR) is 69.4 cm³/mol. The second kappa shape index (κ2) is 3.89. The molecule has 86 valence electrons. The average molecular weight is 244 g/mol. The van der Waals surface area contributed by atoms with E-state index in [2.05, 4.69) is 10.2 Å². The number of benzene rings is 1. The molecule has 4 heteroatoms. The minimum absolute atomic E-state index is 0.00269. The van der Waals surface area contributed by atoms with Gasteiger partial charge in [-0.2, -0.15) is 0 Å². The molecule has 2 heterocycles. The van der Waals surface area contributed by atoms with Crippen LogP contribution in [-0.4, -0.2) is 13.0 Å². The van der Waals surface area contributed by atoms with E-state index >= 15 is 0 Å². The molecule has 1 aromatic carbocycles. The summed E-state index contributed by atoms with van der Waals surface area (Å²) in [5.41, 5.74) is 1.72. The summed E-state index contributed by atoms with van der Waals surface area (Å²) < 4.78 is 0.